The number of nitriles is 1. The third-order valence-corrected chi connectivity index (χ3v) is 3.02. The van der Waals surface area contributed by atoms with E-state index in [1.165, 1.54) is 18.2 Å². The van der Waals surface area contributed by atoms with E-state index in [0.29, 0.717) is 0 Å². The van der Waals surface area contributed by atoms with Gasteiger partial charge in [-0.15, -0.1) is 0 Å². The fraction of sp³-hybridized carbons (Fsp3) is 0.0714. The second kappa shape index (κ2) is 5.37. The van der Waals surface area contributed by atoms with Crippen LogP contribution < -0.4 is 5.73 Å². The molecule has 0 aliphatic rings. The lowest BCUT2D eigenvalue weighted by atomic mass is 9.96. The van der Waals surface area contributed by atoms with Crippen LogP contribution in [0.15, 0.2) is 36.4 Å². The third kappa shape index (κ3) is 2.69. The number of nitrogen functional groups attached to an aromatic ring is 1. The summed E-state index contributed by atoms with van der Waals surface area (Å²) < 4.78 is 39.1. The Labute approximate surface area is 122 Å². The average molecular weight is 307 g/mol. The molecule has 2 rings (SSSR count). The summed E-state index contributed by atoms with van der Waals surface area (Å²) in [6.45, 7) is 0. The molecule has 0 atom stereocenters. The maximum absolute atomic E-state index is 13.0. The van der Waals surface area contributed by atoms with E-state index < -0.39 is 22.4 Å². The molecule has 0 radical (unpaired) electrons. The zero-order chi connectivity index (χ0) is 16.5. The summed E-state index contributed by atoms with van der Waals surface area (Å²) in [5.41, 5.74) is 2.96. The SMILES string of the molecule is N#Cc1cc(-c2ccccc2C(F)(F)F)cc([N+](=O)[O-])c1N. The number of benzene rings is 2. The van der Waals surface area contributed by atoms with Gasteiger partial charge in [-0.05, 0) is 23.3 Å². The Morgan fingerprint density at radius 3 is 2.41 bits per heavy atom. The predicted octanol–water partition coefficient (Wildman–Crippen LogP) is 3.73. The highest BCUT2D eigenvalue weighted by atomic mass is 19.4. The molecule has 0 fully saturated rings. The monoisotopic (exact) mass is 307 g/mol. The Morgan fingerprint density at radius 2 is 1.86 bits per heavy atom. The molecule has 8 heteroatoms. The van der Waals surface area contributed by atoms with Gasteiger partial charge in [0.2, 0.25) is 0 Å². The van der Waals surface area contributed by atoms with Crippen molar-refractivity contribution in [2.75, 3.05) is 5.73 Å². The average Bonchev–Trinajstić information content (AvgIpc) is 2.46. The lowest BCUT2D eigenvalue weighted by Gasteiger charge is -2.13. The number of halogens is 3. The molecule has 2 aromatic carbocycles. The number of rotatable bonds is 2. The number of alkyl halides is 3. The Hall–Kier alpha value is -3.08. The van der Waals surface area contributed by atoms with Gasteiger partial charge in [-0.25, -0.2) is 0 Å². The van der Waals surface area contributed by atoms with Crippen LogP contribution >= 0.6 is 0 Å². The minimum Gasteiger partial charge on any atom is -0.392 e. The Kier molecular flexibility index (Phi) is 3.73. The largest absolute Gasteiger partial charge is 0.417 e. The fourth-order valence-electron chi connectivity index (χ4n) is 2.02. The van der Waals surface area contributed by atoms with Crippen LogP contribution in [0.5, 0.6) is 0 Å². The summed E-state index contributed by atoms with van der Waals surface area (Å²) >= 11 is 0. The van der Waals surface area contributed by atoms with Crippen LogP contribution in [0, 0.1) is 21.4 Å². The molecule has 0 unspecified atom stereocenters. The van der Waals surface area contributed by atoms with Crippen molar-refractivity contribution in [3.05, 3.63) is 57.6 Å². The van der Waals surface area contributed by atoms with E-state index >= 15 is 0 Å². The van der Waals surface area contributed by atoms with Crippen molar-refractivity contribution in [1.29, 1.82) is 5.26 Å². The molecular weight excluding hydrogens is 299 g/mol. The lowest BCUT2D eigenvalue weighted by Crippen LogP contribution is -2.07. The van der Waals surface area contributed by atoms with E-state index in [-0.39, 0.29) is 22.4 Å². The summed E-state index contributed by atoms with van der Waals surface area (Å²) in [4.78, 5) is 10.1. The van der Waals surface area contributed by atoms with Gasteiger partial charge >= 0.3 is 6.18 Å². The molecule has 112 valence electrons. The van der Waals surface area contributed by atoms with Gasteiger partial charge < -0.3 is 5.73 Å². The molecule has 2 aromatic rings. The van der Waals surface area contributed by atoms with Gasteiger partial charge in [0.25, 0.3) is 5.69 Å². The van der Waals surface area contributed by atoms with Crippen molar-refractivity contribution >= 4 is 11.4 Å². The zero-order valence-corrected chi connectivity index (χ0v) is 10.9. The van der Waals surface area contributed by atoms with Gasteiger partial charge in [-0.1, -0.05) is 18.2 Å². The molecule has 0 aliphatic heterocycles. The van der Waals surface area contributed by atoms with Crippen LogP contribution in [0.4, 0.5) is 24.5 Å². The first-order chi connectivity index (χ1) is 10.3. The zero-order valence-electron chi connectivity index (χ0n) is 10.9. The Bertz CT molecular complexity index is 795. The first-order valence-corrected chi connectivity index (χ1v) is 5.90. The topological polar surface area (TPSA) is 92.9 Å². The molecule has 0 aliphatic carbocycles. The van der Waals surface area contributed by atoms with E-state index in [1.807, 2.05) is 0 Å². The minimum absolute atomic E-state index is 0.0922. The van der Waals surface area contributed by atoms with E-state index in [2.05, 4.69) is 0 Å². The van der Waals surface area contributed by atoms with Crippen LogP contribution in [0.2, 0.25) is 0 Å². The van der Waals surface area contributed by atoms with Gasteiger partial charge in [0.05, 0.1) is 16.1 Å². The smallest absolute Gasteiger partial charge is 0.392 e. The van der Waals surface area contributed by atoms with Crippen LogP contribution in [-0.4, -0.2) is 4.92 Å². The number of nitrogens with two attached hydrogens (primary N) is 1. The van der Waals surface area contributed by atoms with Gasteiger partial charge in [-0.2, -0.15) is 18.4 Å². The molecule has 2 N–H and O–H groups in total. The van der Waals surface area contributed by atoms with Gasteiger partial charge in [0, 0.05) is 6.07 Å². The molecular formula is C14H8F3N3O2. The van der Waals surface area contributed by atoms with Crippen molar-refractivity contribution in [2.45, 2.75) is 6.18 Å². The number of nitro benzene ring substituents is 1. The van der Waals surface area contributed by atoms with Crippen LogP contribution in [0.3, 0.4) is 0 Å². The fourth-order valence-corrected chi connectivity index (χ4v) is 2.02. The number of nitrogens with zero attached hydrogens (tertiary/aromatic N) is 2. The van der Waals surface area contributed by atoms with E-state index in [4.69, 9.17) is 11.0 Å². The normalized spacial score (nSPS) is 11.0. The summed E-state index contributed by atoms with van der Waals surface area (Å²) in [7, 11) is 0. The number of anilines is 1. The molecule has 0 aromatic heterocycles. The molecule has 0 amide bonds. The summed E-state index contributed by atoms with van der Waals surface area (Å²) in [6, 6.07) is 8.31. The standard InChI is InChI=1S/C14H8F3N3O2/c15-14(16,17)11-4-2-1-3-10(11)8-5-9(7-18)13(19)12(6-8)20(21)22/h1-6H,19H2. The van der Waals surface area contributed by atoms with Crippen LogP contribution in [-0.2, 0) is 6.18 Å². The molecule has 0 saturated heterocycles. The van der Waals surface area contributed by atoms with Gasteiger partial charge in [0.15, 0.2) is 0 Å². The molecule has 0 bridgehead atoms. The minimum atomic E-state index is -4.63. The van der Waals surface area contributed by atoms with Crippen molar-refractivity contribution in [1.82, 2.24) is 0 Å². The van der Waals surface area contributed by atoms with Crippen molar-refractivity contribution < 1.29 is 18.1 Å². The Morgan fingerprint density at radius 1 is 1.23 bits per heavy atom. The summed E-state index contributed by atoms with van der Waals surface area (Å²) in [6.07, 6.45) is -4.63. The number of nitro groups is 1. The number of hydrogen-bond acceptors (Lipinski definition) is 4. The third-order valence-electron chi connectivity index (χ3n) is 3.02. The maximum atomic E-state index is 13.0. The Balaban J connectivity index is 2.78. The molecule has 0 spiro atoms. The summed E-state index contributed by atoms with van der Waals surface area (Å²) in [5, 5.41) is 19.9. The second-order valence-corrected chi connectivity index (χ2v) is 4.37. The van der Waals surface area contributed by atoms with Crippen molar-refractivity contribution in [3.63, 3.8) is 0 Å². The molecule has 0 heterocycles. The first kappa shape index (κ1) is 15.3. The van der Waals surface area contributed by atoms with E-state index in [1.54, 1.807) is 6.07 Å². The van der Waals surface area contributed by atoms with Crippen molar-refractivity contribution in [3.8, 4) is 17.2 Å². The molecule has 0 saturated carbocycles. The number of hydrogen-bond donors (Lipinski definition) is 1. The molecule has 5 nitrogen and oxygen atoms in total. The van der Waals surface area contributed by atoms with E-state index in [9.17, 15) is 23.3 Å². The van der Waals surface area contributed by atoms with Crippen LogP contribution in [0.1, 0.15) is 11.1 Å². The van der Waals surface area contributed by atoms with Gasteiger partial charge in [-0.3, -0.25) is 10.1 Å². The first-order valence-electron chi connectivity index (χ1n) is 5.90. The van der Waals surface area contributed by atoms with Gasteiger partial charge in [0.1, 0.15) is 11.8 Å². The summed E-state index contributed by atoms with van der Waals surface area (Å²) in [5.74, 6) is 0. The van der Waals surface area contributed by atoms with Crippen molar-refractivity contribution in [2.24, 2.45) is 0 Å². The van der Waals surface area contributed by atoms with E-state index in [0.717, 1.165) is 18.2 Å². The molecule has 22 heavy (non-hydrogen) atoms. The highest BCUT2D eigenvalue weighted by Crippen LogP contribution is 2.39. The highest BCUT2D eigenvalue weighted by molar-refractivity contribution is 5.79. The second-order valence-electron chi connectivity index (χ2n) is 4.37. The quantitative estimate of drug-likeness (QED) is 0.519. The van der Waals surface area contributed by atoms with Crippen LogP contribution in [0.25, 0.3) is 11.1 Å². The highest BCUT2D eigenvalue weighted by Gasteiger charge is 2.33. The maximum Gasteiger partial charge on any atom is 0.417 e. The predicted molar refractivity (Wildman–Crippen MR) is 72.7 cm³/mol. The lowest BCUT2D eigenvalue weighted by molar-refractivity contribution is -0.383.